The van der Waals surface area contributed by atoms with E-state index in [1.165, 1.54) is 30.6 Å². The average Bonchev–Trinajstić information content (AvgIpc) is 2.84. The fraction of sp³-hybridized carbons (Fsp3) is 0.625. The number of hydrogen-bond donors (Lipinski definition) is 1. The van der Waals surface area contributed by atoms with Gasteiger partial charge in [-0.15, -0.1) is 0 Å². The molecule has 1 nitrogen and oxygen atoms in total. The highest BCUT2D eigenvalue weighted by molar-refractivity contribution is 7.99. The Bertz CT molecular complexity index is 438. The summed E-state index contributed by atoms with van der Waals surface area (Å²) in [5, 5.41) is 6.05. The van der Waals surface area contributed by atoms with Crippen LogP contribution in [0.1, 0.15) is 51.1 Å². The highest BCUT2D eigenvalue weighted by Gasteiger charge is 2.29. The molecule has 1 aliphatic rings. The number of rotatable bonds is 6. The molecule has 0 aromatic heterocycles. The molecule has 4 heteroatoms. The van der Waals surface area contributed by atoms with Crippen LogP contribution in [0.5, 0.6) is 0 Å². The maximum atomic E-state index is 6.36. The Hall–Kier alpha value is 0.110. The van der Waals surface area contributed by atoms with Gasteiger partial charge in [0.1, 0.15) is 0 Å². The molecule has 3 atom stereocenters. The van der Waals surface area contributed by atoms with Crippen LogP contribution < -0.4 is 5.32 Å². The van der Waals surface area contributed by atoms with Crippen molar-refractivity contribution in [2.24, 2.45) is 0 Å². The minimum absolute atomic E-state index is 0.322. The lowest BCUT2D eigenvalue weighted by molar-refractivity contribution is 0.435. The van der Waals surface area contributed by atoms with E-state index in [1.54, 1.807) is 0 Å². The van der Waals surface area contributed by atoms with E-state index in [2.05, 4.69) is 37.0 Å². The topological polar surface area (TPSA) is 12.0 Å². The molecular formula is C16H23Cl2NS. The molecule has 1 N–H and O–H groups in total. The van der Waals surface area contributed by atoms with E-state index < -0.39 is 0 Å². The monoisotopic (exact) mass is 331 g/mol. The summed E-state index contributed by atoms with van der Waals surface area (Å²) < 4.78 is 0. The third-order valence-electron chi connectivity index (χ3n) is 3.99. The first kappa shape index (κ1) is 16.5. The van der Waals surface area contributed by atoms with Gasteiger partial charge < -0.3 is 5.32 Å². The van der Waals surface area contributed by atoms with Gasteiger partial charge in [-0.2, -0.15) is 11.8 Å². The molecule has 0 aliphatic heterocycles. The van der Waals surface area contributed by atoms with E-state index in [1.807, 2.05) is 12.1 Å². The third kappa shape index (κ3) is 4.07. The molecule has 1 saturated carbocycles. The normalized spacial score (nSPS) is 24.0. The second kappa shape index (κ2) is 7.93. The SMILES string of the molecule is CCSC1CCCC1NC(CC)c1ccc(Cl)cc1Cl. The van der Waals surface area contributed by atoms with Crippen molar-refractivity contribution in [1.29, 1.82) is 0 Å². The van der Waals surface area contributed by atoms with Gasteiger partial charge in [0.05, 0.1) is 0 Å². The summed E-state index contributed by atoms with van der Waals surface area (Å²) in [5.41, 5.74) is 1.17. The molecule has 0 amide bonds. The summed E-state index contributed by atoms with van der Waals surface area (Å²) in [7, 11) is 0. The number of thioether (sulfide) groups is 1. The second-order valence-electron chi connectivity index (χ2n) is 5.32. The van der Waals surface area contributed by atoms with Crippen LogP contribution >= 0.6 is 35.0 Å². The van der Waals surface area contributed by atoms with E-state index in [4.69, 9.17) is 23.2 Å². The molecule has 1 aromatic carbocycles. The molecule has 0 bridgehead atoms. The van der Waals surface area contributed by atoms with Gasteiger partial charge in [0, 0.05) is 27.4 Å². The molecule has 0 heterocycles. The maximum Gasteiger partial charge on any atom is 0.0468 e. The Balaban J connectivity index is 2.08. The lowest BCUT2D eigenvalue weighted by atomic mass is 10.0. The van der Waals surface area contributed by atoms with Crippen molar-refractivity contribution in [3.05, 3.63) is 33.8 Å². The van der Waals surface area contributed by atoms with E-state index in [9.17, 15) is 0 Å². The van der Waals surface area contributed by atoms with Crippen molar-refractivity contribution in [2.75, 3.05) is 5.75 Å². The lowest BCUT2D eigenvalue weighted by Gasteiger charge is -2.27. The van der Waals surface area contributed by atoms with Crippen LogP contribution in [0.2, 0.25) is 10.0 Å². The van der Waals surface area contributed by atoms with E-state index >= 15 is 0 Å². The number of halogens is 2. The highest BCUT2D eigenvalue weighted by Crippen LogP contribution is 2.34. The minimum Gasteiger partial charge on any atom is -0.306 e. The summed E-state index contributed by atoms with van der Waals surface area (Å²) in [6.07, 6.45) is 4.99. The Morgan fingerprint density at radius 1 is 1.30 bits per heavy atom. The van der Waals surface area contributed by atoms with Gasteiger partial charge in [-0.05, 0) is 42.7 Å². The molecule has 0 saturated heterocycles. The standard InChI is InChI=1S/C16H23Cl2NS/c1-3-14(12-9-8-11(17)10-13(12)18)19-15-6-5-7-16(15)20-4-2/h8-10,14-16,19H,3-7H2,1-2H3. The number of benzene rings is 1. The molecule has 20 heavy (non-hydrogen) atoms. The molecule has 0 spiro atoms. The van der Waals surface area contributed by atoms with Gasteiger partial charge in [0.2, 0.25) is 0 Å². The number of nitrogens with one attached hydrogen (secondary N) is 1. The molecule has 3 unspecified atom stereocenters. The molecule has 112 valence electrons. The van der Waals surface area contributed by atoms with Gasteiger partial charge in [-0.3, -0.25) is 0 Å². The summed E-state index contributed by atoms with van der Waals surface area (Å²) in [4.78, 5) is 0. The smallest absolute Gasteiger partial charge is 0.0468 e. The van der Waals surface area contributed by atoms with Gasteiger partial charge in [0.15, 0.2) is 0 Å². The van der Waals surface area contributed by atoms with Crippen molar-refractivity contribution >= 4 is 35.0 Å². The molecule has 0 radical (unpaired) electrons. The third-order valence-corrected chi connectivity index (χ3v) is 5.88. The second-order valence-corrected chi connectivity index (χ2v) is 7.68. The van der Waals surface area contributed by atoms with E-state index in [-0.39, 0.29) is 0 Å². The molecule has 1 aliphatic carbocycles. The predicted molar refractivity (Wildman–Crippen MR) is 92.2 cm³/mol. The zero-order chi connectivity index (χ0) is 14.5. The summed E-state index contributed by atoms with van der Waals surface area (Å²) in [6, 6.07) is 6.76. The minimum atomic E-state index is 0.322. The zero-order valence-electron chi connectivity index (χ0n) is 12.2. The Morgan fingerprint density at radius 2 is 2.10 bits per heavy atom. The van der Waals surface area contributed by atoms with Crippen molar-refractivity contribution < 1.29 is 0 Å². The summed E-state index contributed by atoms with van der Waals surface area (Å²) in [6.45, 7) is 4.45. The van der Waals surface area contributed by atoms with E-state index in [0.717, 1.165) is 16.7 Å². The fourth-order valence-electron chi connectivity index (χ4n) is 3.00. The van der Waals surface area contributed by atoms with Crippen LogP contribution in [0.3, 0.4) is 0 Å². The number of hydrogen-bond acceptors (Lipinski definition) is 2. The zero-order valence-corrected chi connectivity index (χ0v) is 14.5. The van der Waals surface area contributed by atoms with Gasteiger partial charge in [-0.1, -0.05) is 49.5 Å². The van der Waals surface area contributed by atoms with Crippen LogP contribution in [-0.4, -0.2) is 17.0 Å². The van der Waals surface area contributed by atoms with Crippen LogP contribution in [0, 0.1) is 0 Å². The van der Waals surface area contributed by atoms with E-state index in [0.29, 0.717) is 17.1 Å². The van der Waals surface area contributed by atoms with Gasteiger partial charge in [0.25, 0.3) is 0 Å². The summed E-state index contributed by atoms with van der Waals surface area (Å²) in [5.74, 6) is 1.20. The lowest BCUT2D eigenvalue weighted by Crippen LogP contribution is -2.37. The van der Waals surface area contributed by atoms with Crippen LogP contribution in [0.4, 0.5) is 0 Å². The van der Waals surface area contributed by atoms with Crippen molar-refractivity contribution in [3.63, 3.8) is 0 Å². The first-order chi connectivity index (χ1) is 9.65. The quantitative estimate of drug-likeness (QED) is 0.716. The molecule has 1 aromatic rings. The molecule has 1 fully saturated rings. The Kier molecular flexibility index (Phi) is 6.54. The van der Waals surface area contributed by atoms with Crippen LogP contribution in [-0.2, 0) is 0 Å². The molecule has 2 rings (SSSR count). The summed E-state index contributed by atoms with van der Waals surface area (Å²) >= 11 is 14.4. The predicted octanol–water partition coefficient (Wildman–Crippen LogP) is 5.71. The highest BCUT2D eigenvalue weighted by atomic mass is 35.5. The van der Waals surface area contributed by atoms with Crippen LogP contribution in [0.15, 0.2) is 18.2 Å². The maximum absolute atomic E-state index is 6.36. The molecular weight excluding hydrogens is 309 g/mol. The first-order valence-electron chi connectivity index (χ1n) is 7.48. The van der Waals surface area contributed by atoms with Gasteiger partial charge in [-0.25, -0.2) is 0 Å². The average molecular weight is 332 g/mol. The Morgan fingerprint density at radius 3 is 2.75 bits per heavy atom. The van der Waals surface area contributed by atoms with Crippen molar-refractivity contribution in [2.45, 2.75) is 56.9 Å². The van der Waals surface area contributed by atoms with Crippen LogP contribution in [0.25, 0.3) is 0 Å². The first-order valence-corrected chi connectivity index (χ1v) is 9.28. The largest absolute Gasteiger partial charge is 0.306 e. The fourth-order valence-corrected chi connectivity index (χ4v) is 4.75. The van der Waals surface area contributed by atoms with Crippen molar-refractivity contribution in [1.82, 2.24) is 5.32 Å². The Labute approximate surface area is 136 Å². The van der Waals surface area contributed by atoms with Crippen molar-refractivity contribution in [3.8, 4) is 0 Å². The van der Waals surface area contributed by atoms with Gasteiger partial charge >= 0.3 is 0 Å².